The van der Waals surface area contributed by atoms with Gasteiger partial charge in [-0.2, -0.15) is 8.42 Å². The number of hydrogen-bond acceptors (Lipinski definition) is 3. The van der Waals surface area contributed by atoms with Gasteiger partial charge in [-0.3, -0.25) is 0 Å². The van der Waals surface area contributed by atoms with E-state index < -0.39 is 24.1 Å². The minimum atomic E-state index is -4.09. The van der Waals surface area contributed by atoms with Gasteiger partial charge >= 0.3 is 0 Å². The lowest BCUT2D eigenvalue weighted by Gasteiger charge is -2.36. The minimum Gasteiger partial charge on any atom is -0.246 e. The van der Waals surface area contributed by atoms with E-state index >= 15 is 0 Å². The van der Waals surface area contributed by atoms with Crippen molar-refractivity contribution >= 4 is 53.7 Å². The predicted molar refractivity (Wildman–Crippen MR) is 142 cm³/mol. The van der Waals surface area contributed by atoms with E-state index in [0.29, 0.717) is 31.8 Å². The maximum absolute atomic E-state index is 13.2. The highest BCUT2D eigenvalue weighted by Crippen LogP contribution is 2.58. The molecule has 0 aromatic heterocycles. The minimum absolute atomic E-state index is 0.0666. The molecule has 1 atom stereocenters. The first kappa shape index (κ1) is 25.2. The maximum atomic E-state index is 13.2. The standard InChI is InChI=1S/C26H20Cl3O3PS/c1-18-14-16-19(17-15-18)34(30,31)32-33-26(20-8-2-5-11-23(20)27,21-9-3-6-12-24(21)28)22-10-4-7-13-25(22)29/h2-17,33H,1H3. The second-order valence-electron chi connectivity index (χ2n) is 7.64. The van der Waals surface area contributed by atoms with Crippen LogP contribution in [0.5, 0.6) is 0 Å². The van der Waals surface area contributed by atoms with Crippen molar-refractivity contribution < 1.29 is 12.4 Å². The summed E-state index contributed by atoms with van der Waals surface area (Å²) in [6, 6.07) is 28.2. The van der Waals surface area contributed by atoms with Crippen LogP contribution in [0, 0.1) is 6.92 Å². The van der Waals surface area contributed by atoms with Gasteiger partial charge in [-0.15, -0.1) is 0 Å². The van der Waals surface area contributed by atoms with Gasteiger partial charge in [-0.25, -0.2) is 3.97 Å². The third-order valence-electron chi connectivity index (χ3n) is 5.45. The average Bonchev–Trinajstić information content (AvgIpc) is 2.82. The van der Waals surface area contributed by atoms with Gasteiger partial charge in [0.1, 0.15) is 0 Å². The monoisotopic (exact) mass is 548 g/mol. The largest absolute Gasteiger partial charge is 0.299 e. The Labute approximate surface area is 216 Å². The van der Waals surface area contributed by atoms with E-state index in [1.807, 2.05) is 61.5 Å². The molecule has 4 aromatic rings. The van der Waals surface area contributed by atoms with E-state index in [9.17, 15) is 8.42 Å². The Balaban J connectivity index is 1.97. The Morgan fingerprint density at radius 1 is 0.647 bits per heavy atom. The highest BCUT2D eigenvalue weighted by Gasteiger charge is 2.43. The van der Waals surface area contributed by atoms with E-state index in [1.54, 1.807) is 30.3 Å². The molecule has 0 amide bonds. The first-order chi connectivity index (χ1) is 16.3. The number of rotatable bonds is 7. The Kier molecular flexibility index (Phi) is 7.69. The molecule has 0 fully saturated rings. The molecular formula is C26H20Cl3O3PS. The highest BCUT2D eigenvalue weighted by atomic mass is 35.5. The van der Waals surface area contributed by atoms with Gasteiger partial charge in [0, 0.05) is 15.1 Å². The van der Waals surface area contributed by atoms with Crippen molar-refractivity contribution in [3.05, 3.63) is 134 Å². The molecule has 0 radical (unpaired) electrons. The van der Waals surface area contributed by atoms with E-state index in [1.165, 1.54) is 12.1 Å². The zero-order valence-electron chi connectivity index (χ0n) is 18.0. The first-order valence-electron chi connectivity index (χ1n) is 10.3. The van der Waals surface area contributed by atoms with Crippen LogP contribution in [-0.2, 0) is 19.2 Å². The molecule has 3 nitrogen and oxygen atoms in total. The van der Waals surface area contributed by atoms with Gasteiger partial charge in [0.2, 0.25) is 0 Å². The average molecular weight is 550 g/mol. The smallest absolute Gasteiger partial charge is 0.246 e. The van der Waals surface area contributed by atoms with Crippen LogP contribution in [0.2, 0.25) is 15.1 Å². The molecule has 0 N–H and O–H groups in total. The number of halogens is 3. The van der Waals surface area contributed by atoms with E-state index in [0.717, 1.165) is 5.56 Å². The molecular weight excluding hydrogens is 530 g/mol. The first-order valence-corrected chi connectivity index (χ1v) is 13.7. The molecule has 0 bridgehead atoms. The summed E-state index contributed by atoms with van der Waals surface area (Å²) in [5.74, 6) is 0. The van der Waals surface area contributed by atoms with Crippen molar-refractivity contribution in [1.82, 2.24) is 0 Å². The molecule has 174 valence electrons. The molecule has 0 spiro atoms. The molecule has 1 unspecified atom stereocenters. The SMILES string of the molecule is Cc1ccc(S(=O)(=O)OPC(c2ccccc2Cl)(c2ccccc2Cl)c2ccccc2Cl)cc1. The molecule has 4 aromatic carbocycles. The van der Waals surface area contributed by atoms with Crippen molar-refractivity contribution in [2.75, 3.05) is 0 Å². The third kappa shape index (κ3) is 4.90. The maximum Gasteiger partial charge on any atom is 0.299 e. The lowest BCUT2D eigenvalue weighted by molar-refractivity contribution is 0.508. The molecule has 0 saturated carbocycles. The molecule has 0 saturated heterocycles. The van der Waals surface area contributed by atoms with Crippen molar-refractivity contribution in [1.29, 1.82) is 0 Å². The van der Waals surface area contributed by atoms with Crippen molar-refractivity contribution in [2.45, 2.75) is 17.0 Å². The van der Waals surface area contributed by atoms with E-state index in [4.69, 9.17) is 38.8 Å². The van der Waals surface area contributed by atoms with Crippen LogP contribution >= 0.6 is 43.6 Å². The lowest BCUT2D eigenvalue weighted by Crippen LogP contribution is -2.26. The van der Waals surface area contributed by atoms with Crippen molar-refractivity contribution in [3.63, 3.8) is 0 Å². The van der Waals surface area contributed by atoms with Gasteiger partial charge in [0.25, 0.3) is 10.1 Å². The summed E-state index contributed by atoms with van der Waals surface area (Å²) in [5.41, 5.74) is 2.85. The Morgan fingerprint density at radius 3 is 1.41 bits per heavy atom. The predicted octanol–water partition coefficient (Wildman–Crippen LogP) is 8.25. The van der Waals surface area contributed by atoms with Gasteiger partial charge in [0.15, 0.2) is 0 Å². The van der Waals surface area contributed by atoms with Crippen molar-refractivity contribution in [2.24, 2.45) is 0 Å². The fourth-order valence-corrected chi connectivity index (χ4v) is 7.61. The molecule has 0 heterocycles. The molecule has 8 heteroatoms. The van der Waals surface area contributed by atoms with Crippen LogP contribution in [0.25, 0.3) is 0 Å². The quantitative estimate of drug-likeness (QED) is 0.172. The summed E-state index contributed by atoms with van der Waals surface area (Å²) in [7, 11) is -4.74. The van der Waals surface area contributed by atoms with Crippen LogP contribution in [-0.4, -0.2) is 8.42 Å². The van der Waals surface area contributed by atoms with Crippen LogP contribution in [0.1, 0.15) is 22.3 Å². The van der Waals surface area contributed by atoms with Gasteiger partial charge < -0.3 is 0 Å². The fraction of sp³-hybridized carbons (Fsp3) is 0.0769. The third-order valence-corrected chi connectivity index (χ3v) is 9.61. The van der Waals surface area contributed by atoms with E-state index in [-0.39, 0.29) is 4.90 Å². The highest BCUT2D eigenvalue weighted by molar-refractivity contribution is 7.89. The molecule has 0 aliphatic rings. The van der Waals surface area contributed by atoms with E-state index in [2.05, 4.69) is 0 Å². The topological polar surface area (TPSA) is 43.4 Å². The molecule has 4 rings (SSSR count). The normalized spacial score (nSPS) is 12.4. The summed E-state index contributed by atoms with van der Waals surface area (Å²) in [5, 5.41) is 0.121. The number of benzene rings is 4. The second kappa shape index (κ2) is 10.4. The molecule has 0 aliphatic heterocycles. The summed E-state index contributed by atoms with van der Waals surface area (Å²) < 4.78 is 32.2. The van der Waals surface area contributed by atoms with Crippen LogP contribution in [0.4, 0.5) is 0 Å². The lowest BCUT2D eigenvalue weighted by atomic mass is 9.83. The van der Waals surface area contributed by atoms with Gasteiger partial charge in [0.05, 0.1) is 18.9 Å². The number of hydrogen-bond donors (Lipinski definition) is 0. The second-order valence-corrected chi connectivity index (χ2v) is 11.9. The molecule has 0 aliphatic carbocycles. The van der Waals surface area contributed by atoms with Crippen LogP contribution < -0.4 is 0 Å². The Hall–Kier alpha value is -1.91. The summed E-state index contributed by atoms with van der Waals surface area (Å²) in [6.07, 6.45) is 0. The summed E-state index contributed by atoms with van der Waals surface area (Å²) in [6.45, 7) is 1.89. The van der Waals surface area contributed by atoms with Crippen LogP contribution in [0.3, 0.4) is 0 Å². The van der Waals surface area contributed by atoms with Crippen LogP contribution in [0.15, 0.2) is 102 Å². The van der Waals surface area contributed by atoms with Gasteiger partial charge in [-0.05, 0) is 53.9 Å². The zero-order valence-corrected chi connectivity index (χ0v) is 22.1. The van der Waals surface area contributed by atoms with Crippen molar-refractivity contribution in [3.8, 4) is 0 Å². The van der Waals surface area contributed by atoms with Gasteiger partial charge in [-0.1, -0.05) is 107 Å². The number of aryl methyl sites for hydroxylation is 1. The fourth-order valence-electron chi connectivity index (χ4n) is 3.77. The molecule has 34 heavy (non-hydrogen) atoms. The Bertz CT molecular complexity index is 1310. The Morgan fingerprint density at radius 2 is 1.03 bits per heavy atom. The summed E-state index contributed by atoms with van der Waals surface area (Å²) >= 11 is 20.1. The zero-order chi connectivity index (χ0) is 24.3. The summed E-state index contributed by atoms with van der Waals surface area (Å²) in [4.78, 5) is 0.0666.